The highest BCUT2D eigenvalue weighted by Gasteiger charge is 2.30. The highest BCUT2D eigenvalue weighted by atomic mass is 35.5. The number of anilines is 1. The molecule has 138 valence electrons. The van der Waals surface area contributed by atoms with E-state index in [2.05, 4.69) is 27.4 Å². The lowest BCUT2D eigenvalue weighted by Gasteiger charge is -2.23. The lowest BCUT2D eigenvalue weighted by Crippen LogP contribution is -2.39. The van der Waals surface area contributed by atoms with Gasteiger partial charge in [0.2, 0.25) is 5.91 Å². The second-order valence-electron chi connectivity index (χ2n) is 6.75. The minimum absolute atomic E-state index is 0.0540. The van der Waals surface area contributed by atoms with Gasteiger partial charge < -0.3 is 5.32 Å². The second-order valence-corrected chi connectivity index (χ2v) is 7.19. The average molecular weight is 381 g/mol. The monoisotopic (exact) mass is 380 g/mol. The topological polar surface area (TPSA) is 50.2 Å². The van der Waals surface area contributed by atoms with E-state index in [1.165, 1.54) is 5.56 Å². The van der Waals surface area contributed by atoms with Crippen LogP contribution in [0.5, 0.6) is 0 Å². The number of amides is 1. The van der Waals surface area contributed by atoms with E-state index in [1.807, 2.05) is 42.5 Å². The fraction of sp³-hybridized carbons (Fsp3) is 0.238. The SMILES string of the molecule is O=C(Nc1ccc(-n2cc(Cl)cn2)cc1)C1CCCN1Cc1ccccc1. The smallest absolute Gasteiger partial charge is 0.241 e. The van der Waals surface area contributed by atoms with E-state index >= 15 is 0 Å². The van der Waals surface area contributed by atoms with Crippen molar-refractivity contribution in [2.45, 2.75) is 25.4 Å². The van der Waals surface area contributed by atoms with Crippen molar-refractivity contribution in [1.29, 1.82) is 0 Å². The summed E-state index contributed by atoms with van der Waals surface area (Å²) in [6.07, 6.45) is 5.28. The molecule has 1 unspecified atom stereocenters. The molecule has 1 aliphatic rings. The molecular formula is C21H21ClN4O. The first-order valence-electron chi connectivity index (χ1n) is 9.08. The van der Waals surface area contributed by atoms with E-state index in [0.29, 0.717) is 5.02 Å². The van der Waals surface area contributed by atoms with E-state index in [-0.39, 0.29) is 11.9 Å². The number of carbonyl (C=O) groups excluding carboxylic acids is 1. The standard InChI is InChI=1S/C21H21ClN4O/c22-17-13-23-26(15-17)19-10-8-18(9-11-19)24-21(27)20-7-4-12-25(20)14-16-5-2-1-3-6-16/h1-3,5-6,8-11,13,15,20H,4,7,12,14H2,(H,24,27). The Morgan fingerprint density at radius 1 is 1.15 bits per heavy atom. The van der Waals surface area contributed by atoms with Crippen molar-refractivity contribution in [3.8, 4) is 5.69 Å². The zero-order valence-electron chi connectivity index (χ0n) is 14.9. The molecule has 0 aliphatic carbocycles. The molecule has 0 spiro atoms. The zero-order valence-corrected chi connectivity index (χ0v) is 15.6. The Hall–Kier alpha value is -2.63. The molecule has 3 aromatic rings. The summed E-state index contributed by atoms with van der Waals surface area (Å²) in [5, 5.41) is 7.82. The Kier molecular flexibility index (Phi) is 5.23. The van der Waals surface area contributed by atoms with Crippen molar-refractivity contribution in [2.75, 3.05) is 11.9 Å². The molecule has 1 N–H and O–H groups in total. The molecule has 1 saturated heterocycles. The molecule has 1 amide bonds. The fourth-order valence-corrected chi connectivity index (χ4v) is 3.63. The Labute approximate surface area is 163 Å². The van der Waals surface area contributed by atoms with Crippen molar-refractivity contribution in [3.63, 3.8) is 0 Å². The highest BCUT2D eigenvalue weighted by Crippen LogP contribution is 2.22. The molecule has 0 bridgehead atoms. The number of rotatable bonds is 5. The number of nitrogens with zero attached hydrogens (tertiary/aromatic N) is 3. The Morgan fingerprint density at radius 3 is 2.63 bits per heavy atom. The van der Waals surface area contributed by atoms with E-state index in [4.69, 9.17) is 11.6 Å². The third-order valence-electron chi connectivity index (χ3n) is 4.85. The first-order valence-corrected chi connectivity index (χ1v) is 9.46. The van der Waals surface area contributed by atoms with Gasteiger partial charge in [-0.25, -0.2) is 4.68 Å². The summed E-state index contributed by atoms with van der Waals surface area (Å²) in [4.78, 5) is 15.0. The van der Waals surface area contributed by atoms with Crippen LogP contribution >= 0.6 is 11.6 Å². The van der Waals surface area contributed by atoms with Gasteiger partial charge in [-0.3, -0.25) is 9.69 Å². The van der Waals surface area contributed by atoms with Crippen LogP contribution in [-0.4, -0.2) is 33.2 Å². The third kappa shape index (κ3) is 4.21. The third-order valence-corrected chi connectivity index (χ3v) is 5.04. The maximum absolute atomic E-state index is 12.8. The molecule has 0 radical (unpaired) electrons. The second kappa shape index (κ2) is 7.94. The van der Waals surface area contributed by atoms with Crippen LogP contribution in [-0.2, 0) is 11.3 Å². The number of carbonyl (C=O) groups is 1. The summed E-state index contributed by atoms with van der Waals surface area (Å²) >= 11 is 5.91. The van der Waals surface area contributed by atoms with Crippen molar-refractivity contribution in [1.82, 2.24) is 14.7 Å². The predicted molar refractivity (Wildman–Crippen MR) is 107 cm³/mol. The van der Waals surface area contributed by atoms with Gasteiger partial charge in [-0.1, -0.05) is 41.9 Å². The van der Waals surface area contributed by atoms with E-state index in [0.717, 1.165) is 37.3 Å². The van der Waals surface area contributed by atoms with Crippen molar-refractivity contribution >= 4 is 23.2 Å². The van der Waals surface area contributed by atoms with Crippen LogP contribution in [0.1, 0.15) is 18.4 Å². The first-order chi connectivity index (χ1) is 13.2. The molecule has 1 fully saturated rings. The molecule has 5 nitrogen and oxygen atoms in total. The van der Waals surface area contributed by atoms with Crippen molar-refractivity contribution in [3.05, 3.63) is 77.6 Å². The van der Waals surface area contributed by atoms with Crippen LogP contribution in [0.3, 0.4) is 0 Å². The van der Waals surface area contributed by atoms with Gasteiger partial charge in [-0.05, 0) is 49.2 Å². The number of likely N-dealkylation sites (tertiary alicyclic amines) is 1. The fourth-order valence-electron chi connectivity index (χ4n) is 3.50. The molecule has 0 saturated carbocycles. The molecule has 4 rings (SSSR count). The minimum Gasteiger partial charge on any atom is -0.325 e. The van der Waals surface area contributed by atoms with Gasteiger partial charge in [0, 0.05) is 18.4 Å². The number of hydrogen-bond donors (Lipinski definition) is 1. The quantitative estimate of drug-likeness (QED) is 0.724. The Bertz CT molecular complexity index is 907. The van der Waals surface area contributed by atoms with Crippen LogP contribution in [0, 0.1) is 0 Å². The number of halogens is 1. The van der Waals surface area contributed by atoms with Gasteiger partial charge in [-0.2, -0.15) is 5.10 Å². The maximum atomic E-state index is 12.8. The zero-order chi connectivity index (χ0) is 18.6. The van der Waals surface area contributed by atoms with Gasteiger partial charge >= 0.3 is 0 Å². The summed E-state index contributed by atoms with van der Waals surface area (Å²) in [7, 11) is 0. The Morgan fingerprint density at radius 2 is 1.93 bits per heavy atom. The molecule has 1 atom stereocenters. The molecule has 27 heavy (non-hydrogen) atoms. The number of hydrogen-bond acceptors (Lipinski definition) is 3. The van der Waals surface area contributed by atoms with Crippen LogP contribution in [0.25, 0.3) is 5.69 Å². The van der Waals surface area contributed by atoms with Crippen LogP contribution in [0.4, 0.5) is 5.69 Å². The minimum atomic E-state index is -0.0881. The lowest BCUT2D eigenvalue weighted by molar-refractivity contribution is -0.120. The molecule has 2 heterocycles. The number of aromatic nitrogens is 2. The molecule has 1 aliphatic heterocycles. The lowest BCUT2D eigenvalue weighted by atomic mass is 10.1. The predicted octanol–water partition coefficient (Wildman–Crippen LogP) is 4.13. The van der Waals surface area contributed by atoms with Crippen molar-refractivity contribution in [2.24, 2.45) is 0 Å². The summed E-state index contributed by atoms with van der Waals surface area (Å²) in [6, 6.07) is 17.8. The van der Waals surface area contributed by atoms with Gasteiger partial charge in [0.25, 0.3) is 0 Å². The molecule has 1 aromatic heterocycles. The number of nitrogens with one attached hydrogen (secondary N) is 1. The summed E-state index contributed by atoms with van der Waals surface area (Å²) in [5.74, 6) is 0.0540. The molecule has 2 aromatic carbocycles. The van der Waals surface area contributed by atoms with Crippen LogP contribution in [0.2, 0.25) is 5.02 Å². The van der Waals surface area contributed by atoms with Gasteiger partial charge in [0.1, 0.15) is 0 Å². The number of benzene rings is 2. The van der Waals surface area contributed by atoms with E-state index in [9.17, 15) is 4.79 Å². The molecule has 6 heteroatoms. The maximum Gasteiger partial charge on any atom is 0.241 e. The van der Waals surface area contributed by atoms with Crippen LogP contribution < -0.4 is 5.32 Å². The van der Waals surface area contributed by atoms with Gasteiger partial charge in [0.15, 0.2) is 0 Å². The van der Waals surface area contributed by atoms with E-state index in [1.54, 1.807) is 17.1 Å². The first kappa shape index (κ1) is 17.8. The molecular weight excluding hydrogens is 360 g/mol. The van der Waals surface area contributed by atoms with Crippen molar-refractivity contribution < 1.29 is 4.79 Å². The van der Waals surface area contributed by atoms with E-state index < -0.39 is 0 Å². The van der Waals surface area contributed by atoms with Gasteiger partial charge in [-0.15, -0.1) is 0 Å². The average Bonchev–Trinajstić information content (AvgIpc) is 3.32. The summed E-state index contributed by atoms with van der Waals surface area (Å²) in [5.41, 5.74) is 2.92. The summed E-state index contributed by atoms with van der Waals surface area (Å²) in [6.45, 7) is 1.75. The normalized spacial score (nSPS) is 17.1. The Balaban J connectivity index is 1.40. The summed E-state index contributed by atoms with van der Waals surface area (Å²) < 4.78 is 1.70. The highest BCUT2D eigenvalue weighted by molar-refractivity contribution is 6.30. The van der Waals surface area contributed by atoms with Crippen LogP contribution in [0.15, 0.2) is 67.0 Å². The largest absolute Gasteiger partial charge is 0.325 e. The van der Waals surface area contributed by atoms with Gasteiger partial charge in [0.05, 0.1) is 22.9 Å².